The van der Waals surface area contributed by atoms with Crippen LogP contribution in [0.25, 0.3) is 0 Å². The highest BCUT2D eigenvalue weighted by Crippen LogP contribution is 2.09. The quantitative estimate of drug-likeness (QED) is 0.718. The predicted octanol–water partition coefficient (Wildman–Crippen LogP) is -0.346. The standard InChI is InChI=1S/C8H14BrN3O/c1-6(9)5-12-3-2-11-4-7(12)8(10)13/h7,11H,1-5H2,(H2,10,13). The normalized spacial score (nSPS) is 24.2. The Hall–Kier alpha value is -0.390. The van der Waals surface area contributed by atoms with Crippen LogP contribution in [-0.4, -0.2) is 43.0 Å². The lowest BCUT2D eigenvalue weighted by Gasteiger charge is -2.33. The Kier molecular flexibility index (Phi) is 3.90. The molecule has 1 amide bonds. The maximum Gasteiger partial charge on any atom is 0.236 e. The van der Waals surface area contributed by atoms with Crippen LogP contribution >= 0.6 is 15.9 Å². The molecule has 1 aliphatic rings. The van der Waals surface area contributed by atoms with Crippen LogP contribution in [0.4, 0.5) is 0 Å². The molecular formula is C8H14BrN3O. The van der Waals surface area contributed by atoms with Gasteiger partial charge in [-0.05, 0) is 0 Å². The Morgan fingerprint density at radius 3 is 3.00 bits per heavy atom. The highest BCUT2D eigenvalue weighted by atomic mass is 79.9. The minimum atomic E-state index is -0.277. The van der Waals surface area contributed by atoms with Gasteiger partial charge in [-0.1, -0.05) is 22.5 Å². The monoisotopic (exact) mass is 247 g/mol. The number of carbonyl (C=O) groups excluding carboxylic acids is 1. The molecule has 3 N–H and O–H groups in total. The molecule has 5 heteroatoms. The third kappa shape index (κ3) is 3.10. The molecule has 0 saturated carbocycles. The molecule has 1 fully saturated rings. The number of nitrogens with one attached hydrogen (secondary N) is 1. The van der Waals surface area contributed by atoms with Crippen molar-refractivity contribution in [3.05, 3.63) is 11.1 Å². The molecule has 4 nitrogen and oxygen atoms in total. The SMILES string of the molecule is C=C(Br)CN1CCNCC1C(N)=O. The van der Waals surface area contributed by atoms with Gasteiger partial charge in [0.15, 0.2) is 0 Å². The van der Waals surface area contributed by atoms with Crippen molar-refractivity contribution in [3.63, 3.8) is 0 Å². The highest BCUT2D eigenvalue weighted by molar-refractivity contribution is 9.11. The summed E-state index contributed by atoms with van der Waals surface area (Å²) in [5.74, 6) is -0.277. The van der Waals surface area contributed by atoms with Crippen LogP contribution in [0.2, 0.25) is 0 Å². The zero-order chi connectivity index (χ0) is 9.84. The maximum atomic E-state index is 11.0. The van der Waals surface area contributed by atoms with E-state index in [1.165, 1.54) is 0 Å². The van der Waals surface area contributed by atoms with Gasteiger partial charge < -0.3 is 11.1 Å². The average Bonchev–Trinajstić information content (AvgIpc) is 2.03. The largest absolute Gasteiger partial charge is 0.368 e. The Labute approximate surface area is 86.3 Å². The first-order chi connectivity index (χ1) is 6.11. The van der Waals surface area contributed by atoms with E-state index >= 15 is 0 Å². The van der Waals surface area contributed by atoms with E-state index in [1.54, 1.807) is 0 Å². The Morgan fingerprint density at radius 2 is 2.46 bits per heavy atom. The second-order valence-electron chi connectivity index (χ2n) is 3.11. The summed E-state index contributed by atoms with van der Waals surface area (Å²) in [7, 11) is 0. The summed E-state index contributed by atoms with van der Waals surface area (Å²) >= 11 is 3.28. The Morgan fingerprint density at radius 1 is 1.77 bits per heavy atom. The number of nitrogens with two attached hydrogens (primary N) is 1. The maximum absolute atomic E-state index is 11.0. The molecule has 1 heterocycles. The van der Waals surface area contributed by atoms with E-state index in [2.05, 4.69) is 27.8 Å². The van der Waals surface area contributed by atoms with Crippen molar-refractivity contribution in [3.8, 4) is 0 Å². The van der Waals surface area contributed by atoms with Gasteiger partial charge >= 0.3 is 0 Å². The number of hydrogen-bond donors (Lipinski definition) is 2. The van der Waals surface area contributed by atoms with Gasteiger partial charge in [0, 0.05) is 30.7 Å². The number of hydrogen-bond acceptors (Lipinski definition) is 3. The van der Waals surface area contributed by atoms with Crippen molar-refractivity contribution >= 4 is 21.8 Å². The molecule has 0 spiro atoms. The first kappa shape index (κ1) is 10.7. The summed E-state index contributed by atoms with van der Waals surface area (Å²) in [5.41, 5.74) is 5.27. The Bertz CT molecular complexity index is 219. The zero-order valence-electron chi connectivity index (χ0n) is 7.42. The third-order valence-electron chi connectivity index (χ3n) is 2.06. The van der Waals surface area contributed by atoms with Gasteiger partial charge in [-0.25, -0.2) is 0 Å². The van der Waals surface area contributed by atoms with E-state index in [4.69, 9.17) is 5.73 Å². The molecule has 0 radical (unpaired) electrons. The van der Waals surface area contributed by atoms with Gasteiger partial charge in [-0.3, -0.25) is 9.69 Å². The smallest absolute Gasteiger partial charge is 0.236 e. The number of nitrogens with zero attached hydrogens (tertiary/aromatic N) is 1. The van der Waals surface area contributed by atoms with E-state index < -0.39 is 0 Å². The summed E-state index contributed by atoms with van der Waals surface area (Å²) in [6, 6.07) is -0.206. The number of halogens is 1. The van der Waals surface area contributed by atoms with Gasteiger partial charge in [0.2, 0.25) is 5.91 Å². The van der Waals surface area contributed by atoms with Crippen LogP contribution in [-0.2, 0) is 4.79 Å². The van der Waals surface area contributed by atoms with Crippen molar-refractivity contribution in [1.82, 2.24) is 10.2 Å². The fraction of sp³-hybridized carbons (Fsp3) is 0.625. The van der Waals surface area contributed by atoms with Gasteiger partial charge in [-0.2, -0.15) is 0 Å². The third-order valence-corrected chi connectivity index (χ3v) is 2.31. The molecular weight excluding hydrogens is 234 g/mol. The second kappa shape index (κ2) is 4.74. The lowest BCUT2D eigenvalue weighted by atomic mass is 10.2. The number of amides is 1. The van der Waals surface area contributed by atoms with Crippen LogP contribution in [0.3, 0.4) is 0 Å². The molecule has 1 rings (SSSR count). The van der Waals surface area contributed by atoms with Crippen molar-refractivity contribution in [2.45, 2.75) is 6.04 Å². The molecule has 13 heavy (non-hydrogen) atoms. The molecule has 74 valence electrons. The van der Waals surface area contributed by atoms with Crippen LogP contribution in [0.1, 0.15) is 0 Å². The number of rotatable bonds is 3. The van der Waals surface area contributed by atoms with Crippen molar-refractivity contribution in [2.75, 3.05) is 26.2 Å². The van der Waals surface area contributed by atoms with E-state index in [1.807, 2.05) is 4.90 Å². The van der Waals surface area contributed by atoms with Crippen LogP contribution in [0.15, 0.2) is 11.1 Å². The molecule has 0 bridgehead atoms. The first-order valence-electron chi connectivity index (χ1n) is 4.18. The number of carbonyl (C=O) groups is 1. The molecule has 1 saturated heterocycles. The zero-order valence-corrected chi connectivity index (χ0v) is 9.01. The fourth-order valence-electron chi connectivity index (χ4n) is 1.44. The topological polar surface area (TPSA) is 58.4 Å². The molecule has 1 atom stereocenters. The Balaban J connectivity index is 2.56. The fourth-order valence-corrected chi connectivity index (χ4v) is 1.76. The second-order valence-corrected chi connectivity index (χ2v) is 4.23. The van der Waals surface area contributed by atoms with E-state index in [9.17, 15) is 4.79 Å². The van der Waals surface area contributed by atoms with Gasteiger partial charge in [0.1, 0.15) is 6.04 Å². The van der Waals surface area contributed by atoms with Gasteiger partial charge in [0.25, 0.3) is 0 Å². The summed E-state index contributed by atoms with van der Waals surface area (Å²) in [6.07, 6.45) is 0. The van der Waals surface area contributed by atoms with Gasteiger partial charge in [-0.15, -0.1) is 0 Å². The van der Waals surface area contributed by atoms with E-state index in [0.29, 0.717) is 13.1 Å². The summed E-state index contributed by atoms with van der Waals surface area (Å²) in [5, 5.41) is 3.13. The van der Waals surface area contributed by atoms with Crippen LogP contribution < -0.4 is 11.1 Å². The van der Waals surface area contributed by atoms with Gasteiger partial charge in [0.05, 0.1) is 0 Å². The molecule has 1 unspecified atom stereocenters. The molecule has 1 aliphatic heterocycles. The van der Waals surface area contributed by atoms with Crippen molar-refractivity contribution < 1.29 is 4.79 Å². The average molecular weight is 248 g/mol. The van der Waals surface area contributed by atoms with Crippen LogP contribution in [0.5, 0.6) is 0 Å². The lowest BCUT2D eigenvalue weighted by molar-refractivity contribution is -0.123. The van der Waals surface area contributed by atoms with E-state index in [0.717, 1.165) is 17.6 Å². The van der Waals surface area contributed by atoms with Crippen LogP contribution in [0, 0.1) is 0 Å². The minimum absolute atomic E-state index is 0.206. The molecule has 0 aromatic carbocycles. The predicted molar refractivity (Wildman–Crippen MR) is 55.5 cm³/mol. The minimum Gasteiger partial charge on any atom is -0.368 e. The highest BCUT2D eigenvalue weighted by Gasteiger charge is 2.26. The summed E-state index contributed by atoms with van der Waals surface area (Å²) in [4.78, 5) is 13.1. The first-order valence-corrected chi connectivity index (χ1v) is 4.98. The summed E-state index contributed by atoms with van der Waals surface area (Å²) in [6.45, 7) is 6.78. The number of primary amides is 1. The summed E-state index contributed by atoms with van der Waals surface area (Å²) < 4.78 is 0.876. The molecule has 0 aromatic rings. The number of piperazine rings is 1. The van der Waals surface area contributed by atoms with Crippen molar-refractivity contribution in [2.24, 2.45) is 5.73 Å². The molecule has 0 aromatic heterocycles. The molecule has 0 aliphatic carbocycles. The van der Waals surface area contributed by atoms with Crippen molar-refractivity contribution in [1.29, 1.82) is 0 Å². The van der Waals surface area contributed by atoms with E-state index in [-0.39, 0.29) is 11.9 Å². The lowest BCUT2D eigenvalue weighted by Crippen LogP contribution is -2.56.